The van der Waals surface area contributed by atoms with Crippen LogP contribution in [-0.2, 0) is 16.2 Å². The maximum Gasteiger partial charge on any atom is 0.323 e. The van der Waals surface area contributed by atoms with Crippen molar-refractivity contribution >= 4 is 62.7 Å². The summed E-state index contributed by atoms with van der Waals surface area (Å²) in [6, 6.07) is 20.0. The van der Waals surface area contributed by atoms with Crippen molar-refractivity contribution in [2.24, 2.45) is 0 Å². The van der Waals surface area contributed by atoms with Crippen LogP contribution in [0.5, 0.6) is 5.75 Å². The Hall–Kier alpha value is -3.36. The Labute approximate surface area is 201 Å². The molecule has 1 fully saturated rings. The van der Waals surface area contributed by atoms with E-state index >= 15 is 0 Å². The first kappa shape index (κ1) is 22.8. The van der Waals surface area contributed by atoms with Crippen molar-refractivity contribution in [3.63, 3.8) is 0 Å². The van der Waals surface area contributed by atoms with Crippen molar-refractivity contribution in [3.05, 3.63) is 76.7 Å². The van der Waals surface area contributed by atoms with Crippen molar-refractivity contribution in [1.29, 1.82) is 0 Å². The zero-order valence-corrected chi connectivity index (χ0v) is 19.8. The molecule has 1 saturated heterocycles. The first-order chi connectivity index (χ1) is 15.8. The SMILES string of the molecule is CN(C)c1ccc(COc2ccc3cc(/C=C4\SC(=S)N(CC(=O)O)C4=O)ccc3c2)cc1. The molecule has 3 aromatic carbocycles. The lowest BCUT2D eigenvalue weighted by Crippen LogP contribution is -2.33. The molecular formula is C25H22N2O4S2. The highest BCUT2D eigenvalue weighted by Crippen LogP contribution is 2.33. The normalized spacial score (nSPS) is 14.8. The standard InChI is InChI=1S/C25H22N2O4S2/c1-26(2)20-8-4-16(5-9-20)15-31-21-10-7-18-11-17(3-6-19(18)13-21)12-22-24(30)27(14-23(28)29)25(32)33-22/h3-13H,14-15H2,1-2H3,(H,28,29)/b22-12-. The zero-order valence-electron chi connectivity index (χ0n) is 18.1. The molecule has 33 heavy (non-hydrogen) atoms. The van der Waals surface area contributed by atoms with Gasteiger partial charge in [0.05, 0.1) is 4.91 Å². The smallest absolute Gasteiger partial charge is 0.323 e. The minimum Gasteiger partial charge on any atom is -0.489 e. The molecular weight excluding hydrogens is 456 g/mol. The Morgan fingerprint density at radius 1 is 1.09 bits per heavy atom. The van der Waals surface area contributed by atoms with Crippen LogP contribution in [0.15, 0.2) is 65.6 Å². The summed E-state index contributed by atoms with van der Waals surface area (Å²) in [6.45, 7) is 0.0534. The highest BCUT2D eigenvalue weighted by molar-refractivity contribution is 8.26. The third-order valence-electron chi connectivity index (χ3n) is 5.16. The topological polar surface area (TPSA) is 70.1 Å². The van der Waals surface area contributed by atoms with Gasteiger partial charge < -0.3 is 14.7 Å². The summed E-state index contributed by atoms with van der Waals surface area (Å²) in [4.78, 5) is 27.0. The van der Waals surface area contributed by atoms with E-state index in [0.717, 1.165) is 50.0 Å². The van der Waals surface area contributed by atoms with E-state index in [1.807, 2.05) is 50.5 Å². The number of rotatable bonds is 7. The Morgan fingerprint density at radius 3 is 2.48 bits per heavy atom. The van der Waals surface area contributed by atoms with E-state index in [-0.39, 0.29) is 10.2 Å². The summed E-state index contributed by atoms with van der Waals surface area (Å²) in [7, 11) is 4.02. The molecule has 8 heteroatoms. The van der Waals surface area contributed by atoms with Crippen LogP contribution >= 0.6 is 24.0 Å². The summed E-state index contributed by atoms with van der Waals surface area (Å²) in [5.74, 6) is -0.696. The third kappa shape index (κ3) is 5.35. The molecule has 1 N–H and O–H groups in total. The van der Waals surface area contributed by atoms with E-state index in [1.165, 1.54) is 0 Å². The van der Waals surface area contributed by atoms with Crippen LogP contribution in [0, 0.1) is 0 Å². The van der Waals surface area contributed by atoms with Crippen LogP contribution in [0.25, 0.3) is 16.8 Å². The largest absolute Gasteiger partial charge is 0.489 e. The van der Waals surface area contributed by atoms with Crippen LogP contribution in [0.4, 0.5) is 5.69 Å². The average molecular weight is 479 g/mol. The van der Waals surface area contributed by atoms with Gasteiger partial charge in [0.1, 0.15) is 23.2 Å². The van der Waals surface area contributed by atoms with Gasteiger partial charge in [0, 0.05) is 19.8 Å². The Balaban J connectivity index is 1.46. The summed E-state index contributed by atoms with van der Waals surface area (Å²) in [6.07, 6.45) is 1.74. The number of aliphatic carboxylic acids is 1. The second kappa shape index (κ2) is 9.64. The lowest BCUT2D eigenvalue weighted by molar-refractivity contribution is -0.140. The van der Waals surface area contributed by atoms with Gasteiger partial charge in [0.15, 0.2) is 0 Å². The third-order valence-corrected chi connectivity index (χ3v) is 6.54. The number of anilines is 1. The number of amides is 1. The van der Waals surface area contributed by atoms with E-state index < -0.39 is 12.5 Å². The number of hydrogen-bond donors (Lipinski definition) is 1. The van der Waals surface area contributed by atoms with Crippen molar-refractivity contribution in [1.82, 2.24) is 4.90 Å². The molecule has 0 aromatic heterocycles. The lowest BCUT2D eigenvalue weighted by atomic mass is 10.1. The molecule has 0 saturated carbocycles. The molecule has 0 radical (unpaired) electrons. The molecule has 0 aliphatic carbocycles. The number of nitrogens with zero attached hydrogens (tertiary/aromatic N) is 2. The highest BCUT2D eigenvalue weighted by Gasteiger charge is 2.33. The Morgan fingerprint density at radius 2 is 1.79 bits per heavy atom. The predicted octanol–water partition coefficient (Wildman–Crippen LogP) is 4.77. The number of thioether (sulfide) groups is 1. The molecule has 6 nitrogen and oxygen atoms in total. The number of carboxylic acids is 1. The highest BCUT2D eigenvalue weighted by atomic mass is 32.2. The predicted molar refractivity (Wildman–Crippen MR) is 137 cm³/mol. The number of carboxylic acid groups (broad SMARTS) is 1. The molecule has 0 spiro atoms. The lowest BCUT2D eigenvalue weighted by Gasteiger charge is -2.13. The minimum atomic E-state index is -1.10. The van der Waals surface area contributed by atoms with Gasteiger partial charge in [-0.3, -0.25) is 14.5 Å². The van der Waals surface area contributed by atoms with Gasteiger partial charge >= 0.3 is 5.97 Å². The molecule has 168 valence electrons. The van der Waals surface area contributed by atoms with Crippen LogP contribution < -0.4 is 9.64 Å². The summed E-state index contributed by atoms with van der Waals surface area (Å²) in [5.41, 5.74) is 3.08. The number of fused-ring (bicyclic) bond motifs is 1. The summed E-state index contributed by atoms with van der Waals surface area (Å²) >= 11 is 6.26. The molecule has 1 heterocycles. The van der Waals surface area contributed by atoms with Crippen LogP contribution in [0.3, 0.4) is 0 Å². The van der Waals surface area contributed by atoms with Gasteiger partial charge in [0.25, 0.3) is 5.91 Å². The Kier molecular flexibility index (Phi) is 6.67. The molecule has 0 unspecified atom stereocenters. The van der Waals surface area contributed by atoms with Gasteiger partial charge in [-0.25, -0.2) is 0 Å². The second-order valence-electron chi connectivity index (χ2n) is 7.78. The van der Waals surface area contributed by atoms with E-state index in [9.17, 15) is 9.59 Å². The number of carbonyl (C=O) groups excluding carboxylic acids is 1. The van der Waals surface area contributed by atoms with Gasteiger partial charge in [-0.05, 0) is 58.3 Å². The number of ether oxygens (including phenoxy) is 1. The first-order valence-corrected chi connectivity index (χ1v) is 11.4. The van der Waals surface area contributed by atoms with Crippen LogP contribution in [-0.4, -0.2) is 46.8 Å². The van der Waals surface area contributed by atoms with E-state index in [2.05, 4.69) is 29.2 Å². The second-order valence-corrected chi connectivity index (χ2v) is 9.46. The quantitative estimate of drug-likeness (QED) is 0.387. The molecule has 4 rings (SSSR count). The number of benzene rings is 3. The van der Waals surface area contributed by atoms with Crippen molar-refractivity contribution < 1.29 is 19.4 Å². The summed E-state index contributed by atoms with van der Waals surface area (Å²) in [5, 5.41) is 11.0. The maximum absolute atomic E-state index is 12.5. The number of thiocarbonyl (C=S) groups is 1. The van der Waals surface area contributed by atoms with E-state index in [0.29, 0.717) is 11.5 Å². The van der Waals surface area contributed by atoms with E-state index in [4.69, 9.17) is 22.1 Å². The molecule has 1 aliphatic rings. The van der Waals surface area contributed by atoms with Crippen molar-refractivity contribution in [2.45, 2.75) is 6.61 Å². The van der Waals surface area contributed by atoms with Crippen molar-refractivity contribution in [3.8, 4) is 5.75 Å². The fraction of sp³-hybridized carbons (Fsp3) is 0.160. The summed E-state index contributed by atoms with van der Waals surface area (Å²) < 4.78 is 6.22. The fourth-order valence-corrected chi connectivity index (χ4v) is 4.66. The van der Waals surface area contributed by atoms with Crippen molar-refractivity contribution in [2.75, 3.05) is 25.5 Å². The van der Waals surface area contributed by atoms with E-state index in [1.54, 1.807) is 6.08 Å². The van der Waals surface area contributed by atoms with Gasteiger partial charge in [-0.15, -0.1) is 0 Å². The average Bonchev–Trinajstić information content (AvgIpc) is 3.04. The first-order valence-electron chi connectivity index (χ1n) is 10.2. The molecule has 1 aliphatic heterocycles. The molecule has 3 aromatic rings. The minimum absolute atomic E-state index is 0.257. The number of carbonyl (C=O) groups is 2. The molecule has 0 bridgehead atoms. The zero-order chi connectivity index (χ0) is 23.5. The van der Waals surface area contributed by atoms with Gasteiger partial charge in [-0.2, -0.15) is 0 Å². The van der Waals surface area contributed by atoms with Gasteiger partial charge in [-0.1, -0.05) is 54.3 Å². The maximum atomic E-state index is 12.5. The molecule has 1 amide bonds. The van der Waals surface area contributed by atoms with Gasteiger partial charge in [0.2, 0.25) is 0 Å². The Bertz CT molecular complexity index is 1270. The number of hydrogen-bond acceptors (Lipinski definition) is 6. The molecule has 0 atom stereocenters. The van der Waals surface area contributed by atoms with Crippen LogP contribution in [0.1, 0.15) is 11.1 Å². The monoisotopic (exact) mass is 478 g/mol. The van der Waals surface area contributed by atoms with Crippen LogP contribution in [0.2, 0.25) is 0 Å². The fourth-order valence-electron chi connectivity index (χ4n) is 3.40.